The Kier molecular flexibility index (Phi) is 7.64. The van der Waals surface area contributed by atoms with E-state index < -0.39 is 16.1 Å². The van der Waals surface area contributed by atoms with Gasteiger partial charge in [0.05, 0.1) is 30.4 Å². The number of aromatic amines is 1. The fraction of sp³-hybridized carbons (Fsp3) is 0.391. The Balaban J connectivity index is 1.97. The number of benzene rings is 1. The highest BCUT2D eigenvalue weighted by Gasteiger charge is 2.23. The Bertz CT molecular complexity index is 1300. The molecule has 0 aliphatic rings. The lowest BCUT2D eigenvalue weighted by molar-refractivity contribution is 0.168. The van der Waals surface area contributed by atoms with Gasteiger partial charge in [0.1, 0.15) is 5.82 Å². The normalized spacial score (nSPS) is 12.6. The number of ether oxygens (including phenoxy) is 1. The molecule has 0 saturated heterocycles. The molecule has 12 heteroatoms. The SMILES string of the molecule is COC(=O)N[C@@H](C)CNc1nccc(-c2[nH]c(C(C)(C)C)nc2-c2cccc(NS(C)(=O)=O)c2)n1. The summed E-state index contributed by atoms with van der Waals surface area (Å²) in [6, 6.07) is 8.59. The molecule has 2 heterocycles. The Morgan fingerprint density at radius 1 is 1.20 bits per heavy atom. The summed E-state index contributed by atoms with van der Waals surface area (Å²) in [5.41, 5.74) is 2.82. The van der Waals surface area contributed by atoms with Crippen LogP contribution in [-0.2, 0) is 20.2 Å². The van der Waals surface area contributed by atoms with Crippen LogP contribution < -0.4 is 15.4 Å². The maximum absolute atomic E-state index is 11.7. The van der Waals surface area contributed by atoms with Crippen LogP contribution in [0.3, 0.4) is 0 Å². The molecule has 1 atom stereocenters. The topological polar surface area (TPSA) is 151 Å². The minimum Gasteiger partial charge on any atom is -0.453 e. The molecule has 3 rings (SSSR count). The highest BCUT2D eigenvalue weighted by molar-refractivity contribution is 7.92. The van der Waals surface area contributed by atoms with E-state index in [4.69, 9.17) is 4.98 Å². The number of hydrogen-bond acceptors (Lipinski definition) is 8. The van der Waals surface area contributed by atoms with Crippen LogP contribution >= 0.6 is 0 Å². The second kappa shape index (κ2) is 10.3. The summed E-state index contributed by atoms with van der Waals surface area (Å²) in [5.74, 6) is 1.14. The third-order valence-corrected chi connectivity index (χ3v) is 5.49. The van der Waals surface area contributed by atoms with Crippen molar-refractivity contribution in [3.8, 4) is 22.6 Å². The number of H-pyrrole nitrogens is 1. The van der Waals surface area contributed by atoms with Crippen molar-refractivity contribution in [3.63, 3.8) is 0 Å². The number of imidazole rings is 1. The van der Waals surface area contributed by atoms with E-state index in [2.05, 4.69) is 35.0 Å². The number of anilines is 2. The fourth-order valence-electron chi connectivity index (χ4n) is 3.21. The van der Waals surface area contributed by atoms with Crippen LogP contribution in [0.2, 0.25) is 0 Å². The molecule has 35 heavy (non-hydrogen) atoms. The zero-order valence-corrected chi connectivity index (χ0v) is 21.4. The number of hydrogen-bond donors (Lipinski definition) is 4. The Hall–Kier alpha value is -3.67. The zero-order valence-electron chi connectivity index (χ0n) is 20.6. The van der Waals surface area contributed by atoms with Crippen molar-refractivity contribution in [1.29, 1.82) is 0 Å². The summed E-state index contributed by atoms with van der Waals surface area (Å²) < 4.78 is 30.5. The van der Waals surface area contributed by atoms with Crippen molar-refractivity contribution < 1.29 is 17.9 Å². The van der Waals surface area contributed by atoms with Gasteiger partial charge in [0.15, 0.2) is 0 Å². The molecule has 0 spiro atoms. The average molecular weight is 502 g/mol. The molecule has 3 aromatic rings. The lowest BCUT2D eigenvalue weighted by Gasteiger charge is -2.14. The minimum absolute atomic E-state index is 0.213. The molecule has 0 aliphatic heterocycles. The number of nitrogens with one attached hydrogen (secondary N) is 4. The van der Waals surface area contributed by atoms with E-state index in [0.717, 1.165) is 17.6 Å². The van der Waals surface area contributed by atoms with E-state index in [1.165, 1.54) is 7.11 Å². The van der Waals surface area contributed by atoms with Crippen LogP contribution in [0.5, 0.6) is 0 Å². The molecule has 0 saturated carbocycles. The number of nitrogens with zero attached hydrogens (tertiary/aromatic N) is 3. The van der Waals surface area contributed by atoms with Gasteiger partial charge >= 0.3 is 6.09 Å². The van der Waals surface area contributed by atoms with Gasteiger partial charge in [-0.3, -0.25) is 4.72 Å². The standard InChI is InChI=1S/C23H31N7O4S/c1-14(26-22(31)34-5)13-25-21-24-11-10-17(27-21)19-18(28-20(29-19)23(2,3)4)15-8-7-9-16(12-15)30-35(6,32)33/h7-12,14,30H,13H2,1-6H3,(H,26,31)(H,28,29)(H,24,25,27)/t14-/m0/s1. The Labute approximate surface area is 205 Å². The number of carbonyl (C=O) groups is 1. The first-order valence-corrected chi connectivity index (χ1v) is 12.9. The molecule has 0 unspecified atom stereocenters. The summed E-state index contributed by atoms with van der Waals surface area (Å²) in [6.07, 6.45) is 2.22. The maximum Gasteiger partial charge on any atom is 0.407 e. The Morgan fingerprint density at radius 3 is 2.60 bits per heavy atom. The summed E-state index contributed by atoms with van der Waals surface area (Å²) in [4.78, 5) is 28.5. The predicted molar refractivity (Wildman–Crippen MR) is 136 cm³/mol. The van der Waals surface area contributed by atoms with Crippen molar-refractivity contribution in [2.24, 2.45) is 0 Å². The van der Waals surface area contributed by atoms with Crippen molar-refractivity contribution >= 4 is 27.8 Å². The molecule has 11 nitrogen and oxygen atoms in total. The van der Waals surface area contributed by atoms with E-state index in [9.17, 15) is 13.2 Å². The average Bonchev–Trinajstić information content (AvgIpc) is 3.23. The van der Waals surface area contributed by atoms with Crippen LogP contribution in [0.25, 0.3) is 22.6 Å². The van der Waals surface area contributed by atoms with Gasteiger partial charge < -0.3 is 20.4 Å². The number of aromatic nitrogens is 4. The van der Waals surface area contributed by atoms with Crippen molar-refractivity contribution in [2.45, 2.75) is 39.2 Å². The van der Waals surface area contributed by atoms with Crippen LogP contribution in [-0.4, -0.2) is 60.4 Å². The third-order valence-electron chi connectivity index (χ3n) is 4.88. The van der Waals surface area contributed by atoms with Gasteiger partial charge in [-0.2, -0.15) is 0 Å². The van der Waals surface area contributed by atoms with E-state index in [0.29, 0.717) is 35.3 Å². The lowest BCUT2D eigenvalue weighted by Crippen LogP contribution is -2.37. The van der Waals surface area contributed by atoms with Crippen molar-refractivity contribution in [2.75, 3.05) is 29.9 Å². The smallest absolute Gasteiger partial charge is 0.407 e. The molecule has 188 valence electrons. The van der Waals surface area contributed by atoms with Crippen LogP contribution in [0.15, 0.2) is 36.5 Å². The van der Waals surface area contributed by atoms with Gasteiger partial charge in [-0.05, 0) is 25.1 Å². The molecule has 0 bridgehead atoms. The van der Waals surface area contributed by atoms with Gasteiger partial charge in [0.25, 0.3) is 0 Å². The minimum atomic E-state index is -3.43. The molecule has 0 fully saturated rings. The van der Waals surface area contributed by atoms with E-state index in [1.54, 1.807) is 30.5 Å². The van der Waals surface area contributed by atoms with Gasteiger partial charge in [-0.15, -0.1) is 0 Å². The molecule has 1 amide bonds. The monoisotopic (exact) mass is 501 g/mol. The molecular formula is C23H31N7O4S. The van der Waals surface area contributed by atoms with Gasteiger partial charge in [0, 0.05) is 35.4 Å². The van der Waals surface area contributed by atoms with Gasteiger partial charge in [-0.1, -0.05) is 32.9 Å². The lowest BCUT2D eigenvalue weighted by atomic mass is 9.96. The number of amides is 1. The molecule has 0 radical (unpaired) electrons. The predicted octanol–water partition coefficient (Wildman–Crippen LogP) is 3.36. The van der Waals surface area contributed by atoms with E-state index in [-0.39, 0.29) is 11.5 Å². The quantitative estimate of drug-likeness (QED) is 0.367. The first kappa shape index (κ1) is 25.9. The highest BCUT2D eigenvalue weighted by Crippen LogP contribution is 2.34. The Morgan fingerprint density at radius 2 is 1.94 bits per heavy atom. The number of carbonyl (C=O) groups excluding carboxylic acids is 1. The van der Waals surface area contributed by atoms with Crippen LogP contribution in [0.1, 0.15) is 33.5 Å². The molecule has 0 aliphatic carbocycles. The fourth-order valence-corrected chi connectivity index (χ4v) is 3.76. The molecule has 4 N–H and O–H groups in total. The van der Waals surface area contributed by atoms with Gasteiger partial charge in [-0.25, -0.2) is 28.2 Å². The highest BCUT2D eigenvalue weighted by atomic mass is 32.2. The number of alkyl carbamates (subject to hydrolysis) is 1. The first-order valence-electron chi connectivity index (χ1n) is 11.0. The number of methoxy groups -OCH3 is 1. The number of sulfonamides is 1. The first-order chi connectivity index (χ1) is 16.4. The van der Waals surface area contributed by atoms with Crippen molar-refractivity contribution in [3.05, 3.63) is 42.4 Å². The maximum atomic E-state index is 11.7. The zero-order chi connectivity index (χ0) is 25.8. The van der Waals surface area contributed by atoms with Crippen molar-refractivity contribution in [1.82, 2.24) is 25.3 Å². The molecular weight excluding hydrogens is 470 g/mol. The second-order valence-electron chi connectivity index (χ2n) is 9.20. The molecule has 1 aromatic carbocycles. The second-order valence-corrected chi connectivity index (χ2v) is 10.9. The summed E-state index contributed by atoms with van der Waals surface area (Å²) >= 11 is 0. The van der Waals surface area contributed by atoms with E-state index >= 15 is 0 Å². The van der Waals surface area contributed by atoms with Crippen LogP contribution in [0, 0.1) is 0 Å². The summed E-state index contributed by atoms with van der Waals surface area (Å²) in [7, 11) is -2.12. The molecule has 2 aromatic heterocycles. The van der Waals surface area contributed by atoms with Crippen LogP contribution in [0.4, 0.5) is 16.4 Å². The largest absolute Gasteiger partial charge is 0.453 e. The summed E-state index contributed by atoms with van der Waals surface area (Å²) in [6.45, 7) is 8.35. The van der Waals surface area contributed by atoms with E-state index in [1.807, 2.05) is 33.8 Å². The van der Waals surface area contributed by atoms with Gasteiger partial charge in [0.2, 0.25) is 16.0 Å². The summed E-state index contributed by atoms with van der Waals surface area (Å²) in [5, 5.41) is 5.79. The number of rotatable bonds is 8. The third kappa shape index (κ3) is 7.15.